The molecule has 0 atom stereocenters. The van der Waals surface area contributed by atoms with Crippen LogP contribution in [0.15, 0.2) is 0 Å². The Morgan fingerprint density at radius 2 is 0.463 bits per heavy atom. The van der Waals surface area contributed by atoms with Gasteiger partial charge < -0.3 is 20.4 Å². The average Bonchev–Trinajstić information content (AvgIpc) is 2.89. The average molecular weight is 609 g/mol. The second-order valence-electron chi connectivity index (χ2n) is 10.2. The molecule has 0 aromatic heterocycles. The van der Waals surface area contributed by atoms with Crippen molar-refractivity contribution in [3.05, 3.63) is 0 Å². The second-order valence-corrected chi connectivity index (χ2v) is 10.2. The minimum atomic E-state index is -0.670. The molecule has 0 aromatic rings. The molecule has 248 valence electrons. The van der Waals surface area contributed by atoms with E-state index in [0.29, 0.717) is 25.7 Å². The molecule has 0 spiro atoms. The van der Waals surface area contributed by atoms with Gasteiger partial charge in [-0.1, -0.05) is 130 Å². The van der Waals surface area contributed by atoms with Crippen molar-refractivity contribution < 1.29 is 39.6 Å². The number of carbonyl (C=O) groups is 4. The van der Waals surface area contributed by atoms with Gasteiger partial charge in [0, 0.05) is 25.7 Å². The van der Waals surface area contributed by atoms with Crippen LogP contribution in [-0.2, 0) is 19.2 Å². The Kier molecular flexibility index (Phi) is 53.7. The third kappa shape index (κ3) is 72.9. The zero-order valence-electron chi connectivity index (χ0n) is 26.4. The van der Waals surface area contributed by atoms with Crippen LogP contribution >= 0.6 is 0 Å². The first-order valence-electron chi connectivity index (χ1n) is 16.0. The third-order valence-electron chi connectivity index (χ3n) is 5.98. The molecular formula is C32H68O8Si. The molecule has 0 saturated heterocycles. The van der Waals surface area contributed by atoms with E-state index in [-0.39, 0.29) is 11.0 Å². The smallest absolute Gasteiger partial charge is 0.303 e. The lowest BCUT2D eigenvalue weighted by molar-refractivity contribution is -0.138. The number of unbranched alkanes of at least 4 members (excludes halogenated alkanes) is 16. The fourth-order valence-corrected chi connectivity index (χ4v) is 3.52. The zero-order chi connectivity index (χ0) is 31.3. The van der Waals surface area contributed by atoms with Crippen LogP contribution in [0.2, 0.25) is 0 Å². The predicted molar refractivity (Wildman–Crippen MR) is 175 cm³/mol. The number of hydrogen-bond acceptors (Lipinski definition) is 4. The van der Waals surface area contributed by atoms with E-state index in [9.17, 15) is 19.2 Å². The van der Waals surface area contributed by atoms with Gasteiger partial charge in [0.1, 0.15) is 0 Å². The summed E-state index contributed by atoms with van der Waals surface area (Å²) in [6.07, 6.45) is 23.5. The summed E-state index contributed by atoms with van der Waals surface area (Å²) in [7, 11) is 0. The molecule has 9 heteroatoms. The van der Waals surface area contributed by atoms with Crippen LogP contribution in [0.1, 0.15) is 182 Å². The van der Waals surface area contributed by atoms with Crippen LogP contribution in [0.3, 0.4) is 0 Å². The molecule has 0 rings (SSSR count). The van der Waals surface area contributed by atoms with Crippen LogP contribution in [-0.4, -0.2) is 55.3 Å². The Morgan fingerprint density at radius 1 is 0.317 bits per heavy atom. The summed E-state index contributed by atoms with van der Waals surface area (Å²) < 4.78 is 0. The normalized spacial score (nSPS) is 9.46. The van der Waals surface area contributed by atoms with E-state index in [1.165, 1.54) is 77.0 Å². The molecule has 41 heavy (non-hydrogen) atoms. The van der Waals surface area contributed by atoms with Gasteiger partial charge in [-0.25, -0.2) is 0 Å². The second kappa shape index (κ2) is 45.1. The van der Waals surface area contributed by atoms with Gasteiger partial charge in [-0.3, -0.25) is 19.2 Å². The molecule has 0 radical (unpaired) electrons. The van der Waals surface area contributed by atoms with Crippen molar-refractivity contribution in [2.75, 3.05) is 0 Å². The van der Waals surface area contributed by atoms with Crippen molar-refractivity contribution in [3.63, 3.8) is 0 Å². The zero-order valence-corrected chi connectivity index (χ0v) is 26.4. The first-order valence-corrected chi connectivity index (χ1v) is 16.0. The molecule has 0 aliphatic rings. The maximum absolute atomic E-state index is 10.0. The van der Waals surface area contributed by atoms with Crippen LogP contribution in [0.5, 0.6) is 0 Å². The molecule has 0 aromatic carbocycles. The summed E-state index contributed by atoms with van der Waals surface area (Å²) in [6, 6.07) is 0. The standard InChI is InChI=1S/4C8H16O2.H4Si/c4*1-2-3-4-5-6-7-8(9)10;/h4*2-7H2,1H3,(H,9,10);1H4. The highest BCUT2D eigenvalue weighted by Crippen LogP contribution is 2.06. The summed E-state index contributed by atoms with van der Waals surface area (Å²) in [4.78, 5) is 40.1. The van der Waals surface area contributed by atoms with E-state index in [2.05, 4.69) is 27.7 Å². The molecule has 0 saturated carbocycles. The molecule has 8 nitrogen and oxygen atoms in total. The third-order valence-corrected chi connectivity index (χ3v) is 5.98. The Hall–Kier alpha value is -1.90. The Morgan fingerprint density at radius 3 is 0.585 bits per heavy atom. The highest BCUT2D eigenvalue weighted by atomic mass is 28.1. The Balaban J connectivity index is -0.000000139. The summed E-state index contributed by atoms with van der Waals surface area (Å²) in [5.74, 6) is -2.68. The van der Waals surface area contributed by atoms with Gasteiger partial charge in [0.25, 0.3) is 0 Å². The number of aliphatic carboxylic acids is 4. The van der Waals surface area contributed by atoms with Crippen LogP contribution in [0, 0.1) is 0 Å². The van der Waals surface area contributed by atoms with E-state index in [1.807, 2.05) is 0 Å². The van der Waals surface area contributed by atoms with Crippen LogP contribution < -0.4 is 0 Å². The van der Waals surface area contributed by atoms with Crippen molar-refractivity contribution in [1.29, 1.82) is 0 Å². The first-order chi connectivity index (χ1) is 19.1. The van der Waals surface area contributed by atoms with Gasteiger partial charge in [-0.2, -0.15) is 0 Å². The van der Waals surface area contributed by atoms with Crippen molar-refractivity contribution in [2.24, 2.45) is 0 Å². The maximum atomic E-state index is 10.0. The van der Waals surface area contributed by atoms with Gasteiger partial charge in [0.2, 0.25) is 0 Å². The highest BCUT2D eigenvalue weighted by molar-refractivity contribution is 5.75. The van der Waals surface area contributed by atoms with E-state index in [0.717, 1.165) is 51.4 Å². The van der Waals surface area contributed by atoms with Crippen molar-refractivity contribution in [2.45, 2.75) is 182 Å². The van der Waals surface area contributed by atoms with Crippen molar-refractivity contribution >= 4 is 34.8 Å². The Bertz CT molecular complexity index is 460. The predicted octanol–water partition coefficient (Wildman–Crippen LogP) is 8.27. The quantitative estimate of drug-likeness (QED) is 0.0631. The van der Waals surface area contributed by atoms with Crippen LogP contribution in [0.25, 0.3) is 0 Å². The number of carboxylic acid groups (broad SMARTS) is 4. The summed E-state index contributed by atoms with van der Waals surface area (Å²) in [5.41, 5.74) is 0. The molecule has 0 bridgehead atoms. The fraction of sp³-hybridized carbons (Fsp3) is 0.875. The maximum Gasteiger partial charge on any atom is 0.303 e. The van der Waals surface area contributed by atoms with Gasteiger partial charge >= 0.3 is 23.9 Å². The monoisotopic (exact) mass is 608 g/mol. The highest BCUT2D eigenvalue weighted by Gasteiger charge is 1.97. The Labute approximate surface area is 256 Å². The topological polar surface area (TPSA) is 149 Å². The summed E-state index contributed by atoms with van der Waals surface area (Å²) in [5, 5.41) is 33.1. The van der Waals surface area contributed by atoms with Gasteiger partial charge in [0.05, 0.1) is 0 Å². The molecule has 0 fully saturated rings. The van der Waals surface area contributed by atoms with Crippen molar-refractivity contribution in [1.82, 2.24) is 0 Å². The van der Waals surface area contributed by atoms with Gasteiger partial charge in [0.15, 0.2) is 0 Å². The van der Waals surface area contributed by atoms with E-state index in [1.54, 1.807) is 0 Å². The minimum absolute atomic E-state index is 0. The first kappa shape index (κ1) is 48.8. The lowest BCUT2D eigenvalue weighted by atomic mass is 10.1. The largest absolute Gasteiger partial charge is 0.481 e. The number of hydrogen-bond donors (Lipinski definition) is 4. The van der Waals surface area contributed by atoms with Crippen molar-refractivity contribution in [3.8, 4) is 0 Å². The van der Waals surface area contributed by atoms with Gasteiger partial charge in [-0.05, 0) is 36.6 Å². The molecule has 0 heterocycles. The fourth-order valence-electron chi connectivity index (χ4n) is 3.52. The van der Waals surface area contributed by atoms with E-state index < -0.39 is 23.9 Å². The van der Waals surface area contributed by atoms with Gasteiger partial charge in [-0.15, -0.1) is 0 Å². The molecule has 0 unspecified atom stereocenters. The summed E-state index contributed by atoms with van der Waals surface area (Å²) in [6.45, 7) is 8.60. The molecule has 0 amide bonds. The molecule has 0 aliphatic carbocycles. The van der Waals surface area contributed by atoms with E-state index >= 15 is 0 Å². The number of rotatable bonds is 24. The van der Waals surface area contributed by atoms with E-state index in [4.69, 9.17) is 20.4 Å². The molecule has 4 N–H and O–H groups in total. The SMILES string of the molecule is CCCCCCCC(=O)O.CCCCCCCC(=O)O.CCCCCCCC(=O)O.CCCCCCCC(=O)O.[SiH4]. The molecular weight excluding hydrogens is 540 g/mol. The lowest BCUT2D eigenvalue weighted by Gasteiger charge is -1.95. The van der Waals surface area contributed by atoms with Crippen LogP contribution in [0.4, 0.5) is 0 Å². The summed E-state index contributed by atoms with van der Waals surface area (Å²) >= 11 is 0. The lowest BCUT2D eigenvalue weighted by Crippen LogP contribution is -1.93. The molecule has 0 aliphatic heterocycles. The minimum Gasteiger partial charge on any atom is -0.481 e. The number of carboxylic acids is 4.